The molecule has 1 aliphatic carbocycles. The van der Waals surface area contributed by atoms with E-state index in [1.54, 1.807) is 24.5 Å². The van der Waals surface area contributed by atoms with Crippen molar-refractivity contribution in [2.75, 3.05) is 5.32 Å². The highest BCUT2D eigenvalue weighted by atomic mass is 35.5. The van der Waals surface area contributed by atoms with Crippen molar-refractivity contribution in [3.05, 3.63) is 57.4 Å². The van der Waals surface area contributed by atoms with Gasteiger partial charge in [0.1, 0.15) is 5.69 Å². The molecule has 6 nitrogen and oxygen atoms in total. The summed E-state index contributed by atoms with van der Waals surface area (Å²) in [6, 6.07) is 4.79. The molecule has 7 heteroatoms. The Morgan fingerprint density at radius 1 is 1.22 bits per heavy atom. The Morgan fingerprint density at radius 3 is 2.65 bits per heavy atom. The molecule has 0 fully saturated rings. The standard InChI is InChI=1S/C16H15ClN4O2/c17-12-9-13(11-5-2-1-3-6-11)15(14(10-12)21(22)23)20-16-18-7-4-8-19-16/h4-5,7-10H,1-3,6H2,(H,18,19,20). The molecule has 0 amide bonds. The molecule has 1 aromatic carbocycles. The predicted octanol–water partition coefficient (Wildman–Crippen LogP) is 4.74. The highest BCUT2D eigenvalue weighted by Crippen LogP contribution is 2.40. The van der Waals surface area contributed by atoms with Gasteiger partial charge in [-0.2, -0.15) is 0 Å². The molecule has 2 aromatic rings. The zero-order valence-electron chi connectivity index (χ0n) is 12.3. The topological polar surface area (TPSA) is 81.0 Å². The van der Waals surface area contributed by atoms with E-state index in [9.17, 15) is 10.1 Å². The van der Waals surface area contributed by atoms with Gasteiger partial charge in [0.05, 0.1) is 4.92 Å². The molecule has 0 atom stereocenters. The number of benzene rings is 1. The van der Waals surface area contributed by atoms with E-state index in [1.165, 1.54) is 6.07 Å². The number of nitro groups is 1. The average Bonchev–Trinajstić information content (AvgIpc) is 2.57. The van der Waals surface area contributed by atoms with Gasteiger partial charge in [-0.25, -0.2) is 9.97 Å². The predicted molar refractivity (Wildman–Crippen MR) is 89.9 cm³/mol. The molecule has 0 radical (unpaired) electrons. The van der Waals surface area contributed by atoms with E-state index in [4.69, 9.17) is 11.6 Å². The molecule has 0 bridgehead atoms. The Labute approximate surface area is 138 Å². The lowest BCUT2D eigenvalue weighted by molar-refractivity contribution is -0.383. The number of nitrogens with one attached hydrogen (secondary N) is 1. The first-order valence-electron chi connectivity index (χ1n) is 7.36. The van der Waals surface area contributed by atoms with Crippen molar-refractivity contribution < 1.29 is 4.92 Å². The highest BCUT2D eigenvalue weighted by Gasteiger charge is 2.23. The number of anilines is 2. The summed E-state index contributed by atoms with van der Waals surface area (Å²) in [6.07, 6.45) is 9.33. The fourth-order valence-electron chi connectivity index (χ4n) is 2.68. The van der Waals surface area contributed by atoms with Gasteiger partial charge in [0, 0.05) is 29.0 Å². The number of nitro benzene ring substituents is 1. The minimum atomic E-state index is -0.440. The highest BCUT2D eigenvalue weighted by molar-refractivity contribution is 6.31. The fourth-order valence-corrected chi connectivity index (χ4v) is 2.89. The summed E-state index contributed by atoms with van der Waals surface area (Å²) in [5.74, 6) is 0.315. The second-order valence-electron chi connectivity index (χ2n) is 5.28. The minimum absolute atomic E-state index is 0.0774. The number of nitrogens with zero attached hydrogens (tertiary/aromatic N) is 3. The van der Waals surface area contributed by atoms with Crippen molar-refractivity contribution in [2.24, 2.45) is 0 Å². The first kappa shape index (κ1) is 15.4. The Morgan fingerprint density at radius 2 is 2.00 bits per heavy atom. The fraction of sp³-hybridized carbons (Fsp3) is 0.250. The van der Waals surface area contributed by atoms with Crippen molar-refractivity contribution in [2.45, 2.75) is 25.7 Å². The summed E-state index contributed by atoms with van der Waals surface area (Å²) in [4.78, 5) is 19.2. The zero-order chi connectivity index (χ0) is 16.2. The molecule has 1 N–H and O–H groups in total. The van der Waals surface area contributed by atoms with Gasteiger partial charge < -0.3 is 5.32 Å². The molecule has 0 spiro atoms. The minimum Gasteiger partial charge on any atom is -0.318 e. The number of rotatable bonds is 4. The van der Waals surface area contributed by atoms with E-state index in [0.717, 1.165) is 36.8 Å². The van der Waals surface area contributed by atoms with Crippen LogP contribution in [0, 0.1) is 10.1 Å². The lowest BCUT2D eigenvalue weighted by atomic mass is 9.92. The van der Waals surface area contributed by atoms with Gasteiger partial charge in [-0.3, -0.25) is 10.1 Å². The summed E-state index contributed by atoms with van der Waals surface area (Å²) in [7, 11) is 0. The van der Waals surface area contributed by atoms with Gasteiger partial charge in [-0.15, -0.1) is 0 Å². The van der Waals surface area contributed by atoms with Crippen LogP contribution in [0.15, 0.2) is 36.7 Å². The van der Waals surface area contributed by atoms with Crippen LogP contribution in [0.5, 0.6) is 0 Å². The molecular weight excluding hydrogens is 316 g/mol. The van der Waals surface area contributed by atoms with Crippen molar-refractivity contribution >= 4 is 34.5 Å². The number of hydrogen-bond donors (Lipinski definition) is 1. The number of halogens is 1. The second-order valence-corrected chi connectivity index (χ2v) is 5.71. The molecular formula is C16H15ClN4O2. The molecule has 0 saturated carbocycles. The van der Waals surface area contributed by atoms with Crippen LogP contribution < -0.4 is 5.32 Å². The van der Waals surface area contributed by atoms with Crippen LogP contribution >= 0.6 is 11.6 Å². The molecule has 0 unspecified atom stereocenters. The first-order valence-corrected chi connectivity index (χ1v) is 7.74. The molecule has 0 saturated heterocycles. The Bertz CT molecular complexity index is 762. The monoisotopic (exact) mass is 330 g/mol. The largest absolute Gasteiger partial charge is 0.318 e. The van der Waals surface area contributed by atoms with Gasteiger partial charge in [0.2, 0.25) is 5.95 Å². The van der Waals surface area contributed by atoms with Crippen LogP contribution in [0.1, 0.15) is 31.2 Å². The lowest BCUT2D eigenvalue weighted by Crippen LogP contribution is -2.05. The summed E-state index contributed by atoms with van der Waals surface area (Å²) >= 11 is 6.10. The van der Waals surface area contributed by atoms with Crippen LogP contribution in [0.25, 0.3) is 5.57 Å². The summed E-state index contributed by atoms with van der Waals surface area (Å²) < 4.78 is 0. The van der Waals surface area contributed by atoms with Crippen molar-refractivity contribution in [3.8, 4) is 0 Å². The SMILES string of the molecule is O=[N+]([O-])c1cc(Cl)cc(C2=CCCCC2)c1Nc1ncccn1. The van der Waals surface area contributed by atoms with E-state index < -0.39 is 4.92 Å². The van der Waals surface area contributed by atoms with Gasteiger partial charge >= 0.3 is 0 Å². The zero-order valence-corrected chi connectivity index (χ0v) is 13.1. The van der Waals surface area contributed by atoms with Crippen LogP contribution in [0.2, 0.25) is 5.02 Å². The quantitative estimate of drug-likeness (QED) is 0.646. The van der Waals surface area contributed by atoms with Gasteiger partial charge in [-0.05, 0) is 43.4 Å². The Hall–Kier alpha value is -2.47. The third kappa shape index (κ3) is 3.48. The smallest absolute Gasteiger partial charge is 0.294 e. The molecule has 0 aliphatic heterocycles. The third-order valence-corrected chi connectivity index (χ3v) is 3.94. The summed E-state index contributed by atoms with van der Waals surface area (Å²) in [5.41, 5.74) is 2.13. The summed E-state index contributed by atoms with van der Waals surface area (Å²) in [5, 5.41) is 14.8. The third-order valence-electron chi connectivity index (χ3n) is 3.72. The first-order chi connectivity index (χ1) is 11.1. The number of hydrogen-bond acceptors (Lipinski definition) is 5. The molecule has 1 aromatic heterocycles. The Balaban J connectivity index is 2.13. The maximum absolute atomic E-state index is 11.4. The Kier molecular flexibility index (Phi) is 4.52. The molecule has 1 aliphatic rings. The normalized spacial score (nSPS) is 14.2. The van der Waals surface area contributed by atoms with Gasteiger partial charge in [-0.1, -0.05) is 17.7 Å². The van der Waals surface area contributed by atoms with Gasteiger partial charge in [0.25, 0.3) is 5.69 Å². The second kappa shape index (κ2) is 6.75. The van der Waals surface area contributed by atoms with E-state index >= 15 is 0 Å². The maximum Gasteiger partial charge on any atom is 0.294 e. The van der Waals surface area contributed by atoms with Crippen molar-refractivity contribution in [3.63, 3.8) is 0 Å². The van der Waals surface area contributed by atoms with Crippen LogP contribution in [0.3, 0.4) is 0 Å². The average molecular weight is 331 g/mol. The summed E-state index contributed by atoms with van der Waals surface area (Å²) in [6.45, 7) is 0. The molecule has 1 heterocycles. The molecule has 118 valence electrons. The van der Waals surface area contributed by atoms with Crippen molar-refractivity contribution in [1.82, 2.24) is 9.97 Å². The van der Waals surface area contributed by atoms with Crippen LogP contribution in [0.4, 0.5) is 17.3 Å². The number of allylic oxidation sites excluding steroid dienone is 2. The van der Waals surface area contributed by atoms with Gasteiger partial charge in [0.15, 0.2) is 0 Å². The van der Waals surface area contributed by atoms with Crippen LogP contribution in [-0.2, 0) is 0 Å². The maximum atomic E-state index is 11.4. The number of aromatic nitrogens is 2. The van der Waals surface area contributed by atoms with Crippen LogP contribution in [-0.4, -0.2) is 14.9 Å². The van der Waals surface area contributed by atoms with E-state index in [1.807, 2.05) is 0 Å². The van der Waals surface area contributed by atoms with Crippen molar-refractivity contribution in [1.29, 1.82) is 0 Å². The van der Waals surface area contributed by atoms with E-state index in [0.29, 0.717) is 16.7 Å². The molecule has 3 rings (SSSR count). The van der Waals surface area contributed by atoms with E-state index in [2.05, 4.69) is 21.4 Å². The molecule has 23 heavy (non-hydrogen) atoms. The van der Waals surface area contributed by atoms with E-state index in [-0.39, 0.29) is 5.69 Å². The lowest BCUT2D eigenvalue weighted by Gasteiger charge is -2.17.